The van der Waals surface area contributed by atoms with E-state index in [1.165, 1.54) is 36.1 Å². The molecule has 4 aromatic rings. The fourth-order valence-corrected chi connectivity index (χ4v) is 4.06. The van der Waals surface area contributed by atoms with Crippen LogP contribution in [-0.2, 0) is 16.0 Å². The van der Waals surface area contributed by atoms with Crippen molar-refractivity contribution >= 4 is 15.5 Å². The standard InChI is InChI=1S/C18H16F3N7O2S/c1-4-31(29,30)14-7-12(9-22-17(14)28-11(3)23-10(2)25-28)13-5-6-27-16(24-13)8-15(26-27)18(19,20)21/h5-9H,4H2,1-3H3. The number of rotatable bonds is 4. The monoisotopic (exact) mass is 451 g/mol. The van der Waals surface area contributed by atoms with Crippen LogP contribution < -0.4 is 0 Å². The first-order chi connectivity index (χ1) is 14.5. The normalized spacial score (nSPS) is 12.6. The van der Waals surface area contributed by atoms with Gasteiger partial charge in [0.25, 0.3) is 0 Å². The number of halogens is 3. The Balaban J connectivity index is 1.88. The summed E-state index contributed by atoms with van der Waals surface area (Å²) in [4.78, 5) is 12.6. The van der Waals surface area contributed by atoms with Crippen LogP contribution in [0.2, 0.25) is 0 Å². The Kier molecular flexibility index (Phi) is 4.80. The SMILES string of the molecule is CCS(=O)(=O)c1cc(-c2ccn3nc(C(F)(F)F)cc3n2)cnc1-n1nc(C)nc1C. The number of pyridine rings is 1. The highest BCUT2D eigenvalue weighted by molar-refractivity contribution is 7.91. The van der Waals surface area contributed by atoms with Crippen molar-refractivity contribution in [3.8, 4) is 17.1 Å². The molecule has 0 spiro atoms. The van der Waals surface area contributed by atoms with Crippen molar-refractivity contribution in [2.24, 2.45) is 0 Å². The van der Waals surface area contributed by atoms with E-state index in [1.807, 2.05) is 0 Å². The second-order valence-corrected chi connectivity index (χ2v) is 8.96. The smallest absolute Gasteiger partial charge is 0.235 e. The van der Waals surface area contributed by atoms with Gasteiger partial charge >= 0.3 is 6.18 Å². The van der Waals surface area contributed by atoms with Crippen LogP contribution in [0.5, 0.6) is 0 Å². The fraction of sp³-hybridized carbons (Fsp3) is 0.278. The van der Waals surface area contributed by atoms with Gasteiger partial charge in [-0.3, -0.25) is 0 Å². The number of sulfone groups is 1. The Morgan fingerprint density at radius 1 is 1.10 bits per heavy atom. The molecule has 0 aliphatic rings. The minimum atomic E-state index is -4.60. The van der Waals surface area contributed by atoms with Crippen LogP contribution in [-0.4, -0.2) is 48.5 Å². The Hall–Kier alpha value is -3.35. The van der Waals surface area contributed by atoms with Crippen molar-refractivity contribution in [2.75, 3.05) is 5.75 Å². The van der Waals surface area contributed by atoms with Crippen LogP contribution in [0.1, 0.15) is 24.3 Å². The molecule has 13 heteroatoms. The lowest BCUT2D eigenvalue weighted by molar-refractivity contribution is -0.141. The zero-order valence-corrected chi connectivity index (χ0v) is 17.4. The van der Waals surface area contributed by atoms with Crippen molar-refractivity contribution in [3.63, 3.8) is 0 Å². The van der Waals surface area contributed by atoms with Gasteiger partial charge in [-0.1, -0.05) is 6.92 Å². The number of hydrogen-bond donors (Lipinski definition) is 0. The summed E-state index contributed by atoms with van der Waals surface area (Å²) >= 11 is 0. The average Bonchev–Trinajstić information content (AvgIpc) is 3.29. The first-order valence-corrected chi connectivity index (χ1v) is 10.7. The molecule has 0 radical (unpaired) electrons. The summed E-state index contributed by atoms with van der Waals surface area (Å²) in [5.74, 6) is 0.829. The second kappa shape index (κ2) is 7.11. The maximum atomic E-state index is 12.9. The van der Waals surface area contributed by atoms with Gasteiger partial charge in [0.1, 0.15) is 16.5 Å². The van der Waals surface area contributed by atoms with Gasteiger partial charge < -0.3 is 0 Å². The van der Waals surface area contributed by atoms with Gasteiger partial charge in [-0.05, 0) is 26.0 Å². The van der Waals surface area contributed by atoms with Crippen LogP contribution in [0.4, 0.5) is 13.2 Å². The molecule has 0 fully saturated rings. The molecule has 4 aromatic heterocycles. The Labute approximate surface area is 174 Å². The minimum Gasteiger partial charge on any atom is -0.235 e. The quantitative estimate of drug-likeness (QED) is 0.469. The van der Waals surface area contributed by atoms with Gasteiger partial charge in [-0.15, -0.1) is 5.10 Å². The molecule has 0 amide bonds. The van der Waals surface area contributed by atoms with E-state index >= 15 is 0 Å². The van der Waals surface area contributed by atoms with Crippen molar-refractivity contribution in [2.45, 2.75) is 31.8 Å². The zero-order valence-electron chi connectivity index (χ0n) is 16.6. The largest absolute Gasteiger partial charge is 0.435 e. The van der Waals surface area contributed by atoms with Crippen LogP contribution >= 0.6 is 0 Å². The van der Waals surface area contributed by atoms with Gasteiger partial charge in [0.05, 0.1) is 11.4 Å². The summed E-state index contributed by atoms with van der Waals surface area (Å²) in [5.41, 5.74) is -0.532. The molecule has 0 saturated carbocycles. The number of aryl methyl sites for hydroxylation is 2. The Morgan fingerprint density at radius 3 is 2.45 bits per heavy atom. The molecule has 0 bridgehead atoms. The molecular formula is C18H16F3N7O2S. The second-order valence-electron chi connectivity index (χ2n) is 6.71. The topological polar surface area (TPSA) is 108 Å². The molecule has 0 saturated heterocycles. The van der Waals surface area contributed by atoms with Gasteiger partial charge in [-0.25, -0.2) is 27.9 Å². The lowest BCUT2D eigenvalue weighted by Crippen LogP contribution is -2.13. The van der Waals surface area contributed by atoms with E-state index in [-0.39, 0.29) is 27.8 Å². The summed E-state index contributed by atoms with van der Waals surface area (Å²) in [7, 11) is -3.72. The minimum absolute atomic E-state index is 0.0310. The third-order valence-electron chi connectivity index (χ3n) is 4.53. The highest BCUT2D eigenvalue weighted by atomic mass is 32.2. The van der Waals surface area contributed by atoms with Crippen LogP contribution in [0.25, 0.3) is 22.7 Å². The first kappa shape index (κ1) is 20.9. The molecule has 4 heterocycles. The maximum Gasteiger partial charge on any atom is 0.435 e. The van der Waals surface area contributed by atoms with Gasteiger partial charge in [0, 0.05) is 24.0 Å². The summed E-state index contributed by atoms with van der Waals surface area (Å²) in [6, 6.07) is 3.64. The molecule has 0 N–H and O–H groups in total. The molecule has 162 valence electrons. The molecule has 0 unspecified atom stereocenters. The lowest BCUT2D eigenvalue weighted by atomic mass is 10.2. The van der Waals surface area contributed by atoms with Crippen LogP contribution in [0.15, 0.2) is 35.5 Å². The predicted molar refractivity (Wildman–Crippen MR) is 103 cm³/mol. The van der Waals surface area contributed by atoms with E-state index in [0.29, 0.717) is 17.2 Å². The fourth-order valence-electron chi connectivity index (χ4n) is 3.02. The van der Waals surface area contributed by atoms with E-state index < -0.39 is 21.7 Å². The van der Waals surface area contributed by atoms with E-state index in [2.05, 4.69) is 25.1 Å². The Bertz CT molecular complexity index is 1410. The third-order valence-corrected chi connectivity index (χ3v) is 6.26. The molecule has 0 atom stereocenters. The number of aromatic nitrogens is 7. The van der Waals surface area contributed by atoms with Crippen LogP contribution in [0, 0.1) is 13.8 Å². The summed E-state index contributed by atoms with van der Waals surface area (Å²) in [6.07, 6.45) is -1.90. The number of alkyl halides is 3. The third kappa shape index (κ3) is 3.76. The van der Waals surface area contributed by atoms with Gasteiger partial charge in [0.2, 0.25) is 0 Å². The van der Waals surface area contributed by atoms with Crippen molar-refractivity contribution in [3.05, 3.63) is 47.9 Å². The highest BCUT2D eigenvalue weighted by Crippen LogP contribution is 2.30. The molecule has 0 aliphatic carbocycles. The summed E-state index contributed by atoms with van der Waals surface area (Å²) in [6.45, 7) is 4.84. The molecule has 0 aromatic carbocycles. The van der Waals surface area contributed by atoms with E-state index in [1.54, 1.807) is 13.8 Å². The van der Waals surface area contributed by atoms with E-state index in [9.17, 15) is 21.6 Å². The van der Waals surface area contributed by atoms with E-state index in [0.717, 1.165) is 10.6 Å². The molecule has 0 aliphatic heterocycles. The number of fused-ring (bicyclic) bond motifs is 1. The van der Waals surface area contributed by atoms with E-state index in [4.69, 9.17) is 0 Å². The zero-order chi connectivity index (χ0) is 22.6. The summed E-state index contributed by atoms with van der Waals surface area (Å²) < 4.78 is 66.6. The summed E-state index contributed by atoms with van der Waals surface area (Å²) in [5, 5.41) is 7.66. The van der Waals surface area contributed by atoms with Gasteiger partial charge in [-0.2, -0.15) is 23.0 Å². The molecule has 4 rings (SSSR count). The maximum absolute atomic E-state index is 12.9. The predicted octanol–water partition coefficient (Wildman–Crippen LogP) is 2.80. The number of nitrogens with zero attached hydrogens (tertiary/aromatic N) is 7. The van der Waals surface area contributed by atoms with Crippen molar-refractivity contribution in [1.29, 1.82) is 0 Å². The lowest BCUT2D eigenvalue weighted by Gasteiger charge is -2.11. The van der Waals surface area contributed by atoms with Gasteiger partial charge in [0.15, 0.2) is 27.0 Å². The Morgan fingerprint density at radius 2 is 1.84 bits per heavy atom. The first-order valence-electron chi connectivity index (χ1n) is 9.07. The average molecular weight is 451 g/mol. The molecular weight excluding hydrogens is 435 g/mol. The van der Waals surface area contributed by atoms with Crippen LogP contribution in [0.3, 0.4) is 0 Å². The van der Waals surface area contributed by atoms with Crippen molar-refractivity contribution in [1.82, 2.24) is 34.3 Å². The highest BCUT2D eigenvalue weighted by Gasteiger charge is 2.34. The molecule has 9 nitrogen and oxygen atoms in total. The van der Waals surface area contributed by atoms with Crippen molar-refractivity contribution < 1.29 is 21.6 Å². The molecule has 31 heavy (non-hydrogen) atoms. The number of hydrogen-bond acceptors (Lipinski definition) is 7.